The molecule has 0 amide bonds. The lowest BCUT2D eigenvalue weighted by atomic mass is 9.65. The monoisotopic (exact) mass is 434 g/mol. The number of hydrogen-bond donors (Lipinski definition) is 2. The van der Waals surface area contributed by atoms with Crippen molar-refractivity contribution in [3.05, 3.63) is 23.8 Å². The number of carbonyl (C=O) groups is 2. The van der Waals surface area contributed by atoms with Crippen molar-refractivity contribution in [2.75, 3.05) is 0 Å². The number of hydrogen-bond acceptors (Lipinski definition) is 6. The van der Waals surface area contributed by atoms with Gasteiger partial charge in [-0.2, -0.15) is 0 Å². The lowest BCUT2D eigenvalue weighted by molar-refractivity contribution is -0.171. The van der Waals surface area contributed by atoms with Crippen molar-refractivity contribution in [3.63, 3.8) is 0 Å². The van der Waals surface area contributed by atoms with Crippen LogP contribution in [0.4, 0.5) is 0 Å². The van der Waals surface area contributed by atoms with E-state index in [2.05, 4.69) is 32.1 Å². The van der Waals surface area contributed by atoms with E-state index in [-0.39, 0.29) is 42.4 Å². The van der Waals surface area contributed by atoms with E-state index in [0.717, 1.165) is 12.8 Å². The standard InChI is InChI=1S/C25H38O6/c1-14-10-17-7-6-15(2)20(9-8-19-12-18(27)13-22(28)30-19)23(17)21(11-14)31-24(29)25(4,5)16(3)26/h6-7,10,14-16,18-21,23,26-27H,8-9,11-13H2,1-5H3/t14?,15-,16?,18+,19+,20-,21?,23-/m0/s1. The minimum atomic E-state index is -0.970. The first-order valence-electron chi connectivity index (χ1n) is 11.7. The number of fused-ring (bicyclic) bond motifs is 1. The van der Waals surface area contributed by atoms with Crippen LogP contribution in [0.2, 0.25) is 0 Å². The quantitative estimate of drug-likeness (QED) is 0.621. The summed E-state index contributed by atoms with van der Waals surface area (Å²) in [5, 5.41) is 20.0. The first-order chi connectivity index (χ1) is 14.5. The first-order valence-corrected chi connectivity index (χ1v) is 11.7. The Morgan fingerprint density at radius 3 is 2.65 bits per heavy atom. The molecule has 0 aromatic rings. The summed E-state index contributed by atoms with van der Waals surface area (Å²) in [7, 11) is 0. The Bertz CT molecular complexity index is 736. The second-order valence-corrected chi connectivity index (χ2v) is 10.4. The summed E-state index contributed by atoms with van der Waals surface area (Å²) >= 11 is 0. The van der Waals surface area contributed by atoms with Crippen LogP contribution in [-0.4, -0.2) is 46.6 Å². The number of allylic oxidation sites excluding steroid dienone is 3. The highest BCUT2D eigenvalue weighted by molar-refractivity contribution is 5.77. The van der Waals surface area contributed by atoms with Gasteiger partial charge in [0.15, 0.2) is 0 Å². The molecule has 3 unspecified atom stereocenters. The molecule has 1 aliphatic heterocycles. The van der Waals surface area contributed by atoms with Gasteiger partial charge in [0.05, 0.1) is 24.0 Å². The maximum absolute atomic E-state index is 12.9. The number of cyclic esters (lactones) is 1. The molecule has 0 bridgehead atoms. The van der Waals surface area contributed by atoms with Crippen molar-refractivity contribution >= 4 is 11.9 Å². The molecular formula is C25H38O6. The van der Waals surface area contributed by atoms with E-state index < -0.39 is 17.6 Å². The Balaban J connectivity index is 1.77. The molecule has 1 fully saturated rings. The third kappa shape index (κ3) is 5.40. The highest BCUT2D eigenvalue weighted by Gasteiger charge is 2.44. The van der Waals surface area contributed by atoms with Crippen molar-refractivity contribution in [2.45, 2.75) is 91.1 Å². The van der Waals surface area contributed by atoms with Gasteiger partial charge >= 0.3 is 11.9 Å². The van der Waals surface area contributed by atoms with Crippen LogP contribution in [0.5, 0.6) is 0 Å². The first kappa shape index (κ1) is 24.0. The Hall–Kier alpha value is -1.66. The summed E-state index contributed by atoms with van der Waals surface area (Å²) < 4.78 is 11.5. The third-order valence-corrected chi connectivity index (χ3v) is 7.48. The van der Waals surface area contributed by atoms with Gasteiger partial charge in [-0.3, -0.25) is 9.59 Å². The number of carbonyl (C=O) groups excluding carboxylic acids is 2. The largest absolute Gasteiger partial charge is 0.462 e. The fraction of sp³-hybridized carbons (Fsp3) is 0.760. The zero-order valence-corrected chi connectivity index (χ0v) is 19.4. The van der Waals surface area contributed by atoms with E-state index in [9.17, 15) is 19.8 Å². The highest BCUT2D eigenvalue weighted by Crippen LogP contribution is 2.45. The third-order valence-electron chi connectivity index (χ3n) is 7.48. The van der Waals surface area contributed by atoms with Crippen LogP contribution >= 0.6 is 0 Å². The summed E-state index contributed by atoms with van der Waals surface area (Å²) in [5.41, 5.74) is 0.234. The zero-order valence-electron chi connectivity index (χ0n) is 19.4. The lowest BCUT2D eigenvalue weighted by Gasteiger charge is -2.44. The molecule has 3 rings (SSSR count). The molecule has 2 aliphatic carbocycles. The average Bonchev–Trinajstić information content (AvgIpc) is 2.66. The maximum atomic E-state index is 12.9. The fourth-order valence-electron chi connectivity index (χ4n) is 5.10. The van der Waals surface area contributed by atoms with Gasteiger partial charge in [0, 0.05) is 12.3 Å². The normalized spacial score (nSPS) is 36.8. The van der Waals surface area contributed by atoms with E-state index >= 15 is 0 Å². The molecule has 0 radical (unpaired) electrons. The lowest BCUT2D eigenvalue weighted by Crippen LogP contribution is -2.45. The van der Waals surface area contributed by atoms with Crippen molar-refractivity contribution < 1.29 is 29.3 Å². The van der Waals surface area contributed by atoms with Gasteiger partial charge in [0.25, 0.3) is 0 Å². The molecule has 8 atom stereocenters. The minimum Gasteiger partial charge on any atom is -0.462 e. The van der Waals surface area contributed by atoms with Gasteiger partial charge in [0.2, 0.25) is 0 Å². The van der Waals surface area contributed by atoms with Crippen molar-refractivity contribution in [2.24, 2.45) is 29.1 Å². The molecule has 2 N–H and O–H groups in total. The summed E-state index contributed by atoms with van der Waals surface area (Å²) in [5.74, 6) is 0.214. The summed E-state index contributed by atoms with van der Waals surface area (Å²) in [4.78, 5) is 24.6. The topological polar surface area (TPSA) is 93.1 Å². The predicted molar refractivity (Wildman–Crippen MR) is 117 cm³/mol. The van der Waals surface area contributed by atoms with Crippen LogP contribution in [0.1, 0.15) is 66.7 Å². The average molecular weight is 435 g/mol. The predicted octanol–water partition coefficient (Wildman–Crippen LogP) is 3.56. The number of aliphatic hydroxyl groups is 2. The Kier molecular flexibility index (Phi) is 7.32. The van der Waals surface area contributed by atoms with Crippen molar-refractivity contribution in [1.29, 1.82) is 0 Å². The van der Waals surface area contributed by atoms with E-state index in [0.29, 0.717) is 24.7 Å². The van der Waals surface area contributed by atoms with Crippen LogP contribution in [0.15, 0.2) is 23.8 Å². The van der Waals surface area contributed by atoms with Gasteiger partial charge in [-0.05, 0) is 63.4 Å². The molecule has 0 spiro atoms. The number of ether oxygens (including phenoxy) is 2. The molecule has 0 saturated carbocycles. The molecule has 0 aromatic carbocycles. The molecule has 3 aliphatic rings. The molecule has 1 saturated heterocycles. The van der Waals surface area contributed by atoms with Crippen LogP contribution in [-0.2, 0) is 19.1 Å². The Morgan fingerprint density at radius 2 is 2.00 bits per heavy atom. The van der Waals surface area contributed by atoms with Crippen LogP contribution in [0.25, 0.3) is 0 Å². The second-order valence-electron chi connectivity index (χ2n) is 10.4. The summed E-state index contributed by atoms with van der Waals surface area (Å²) in [6.45, 7) is 9.35. The molecular weight excluding hydrogens is 396 g/mol. The van der Waals surface area contributed by atoms with E-state index in [1.54, 1.807) is 20.8 Å². The number of rotatable bonds is 6. The molecule has 0 aromatic heterocycles. The highest BCUT2D eigenvalue weighted by atomic mass is 16.6. The van der Waals surface area contributed by atoms with Gasteiger partial charge in [-0.1, -0.05) is 32.1 Å². The zero-order chi connectivity index (χ0) is 22.9. The van der Waals surface area contributed by atoms with Crippen LogP contribution < -0.4 is 0 Å². The Labute approximate surface area is 185 Å². The molecule has 6 heteroatoms. The Morgan fingerprint density at radius 1 is 1.29 bits per heavy atom. The molecule has 1 heterocycles. The van der Waals surface area contributed by atoms with Gasteiger partial charge < -0.3 is 19.7 Å². The summed E-state index contributed by atoms with van der Waals surface area (Å²) in [6.07, 6.45) is 7.51. The van der Waals surface area contributed by atoms with E-state index in [4.69, 9.17) is 9.47 Å². The molecule has 31 heavy (non-hydrogen) atoms. The van der Waals surface area contributed by atoms with Gasteiger partial charge in [0.1, 0.15) is 12.2 Å². The van der Waals surface area contributed by atoms with Crippen molar-refractivity contribution in [3.8, 4) is 0 Å². The van der Waals surface area contributed by atoms with Crippen molar-refractivity contribution in [1.82, 2.24) is 0 Å². The SMILES string of the molecule is CC1C=C2C=C[C@H](C)[C@H](CC[C@@H]3C[C@@H](O)CC(=O)O3)[C@H]2C(OC(=O)C(C)(C)C(C)O)C1. The smallest absolute Gasteiger partial charge is 0.314 e. The van der Waals surface area contributed by atoms with E-state index in [1.807, 2.05) is 0 Å². The summed E-state index contributed by atoms with van der Waals surface area (Å²) in [6, 6.07) is 0. The second kappa shape index (κ2) is 9.45. The number of esters is 2. The van der Waals surface area contributed by atoms with Crippen LogP contribution in [0.3, 0.4) is 0 Å². The van der Waals surface area contributed by atoms with E-state index in [1.165, 1.54) is 5.57 Å². The minimum absolute atomic E-state index is 0.0730. The molecule has 6 nitrogen and oxygen atoms in total. The van der Waals surface area contributed by atoms with Crippen LogP contribution in [0, 0.1) is 29.1 Å². The number of aliphatic hydroxyl groups excluding tert-OH is 2. The van der Waals surface area contributed by atoms with Gasteiger partial charge in [-0.25, -0.2) is 0 Å². The van der Waals surface area contributed by atoms with Gasteiger partial charge in [-0.15, -0.1) is 0 Å². The fourth-order valence-corrected chi connectivity index (χ4v) is 5.10. The molecule has 174 valence electrons. The maximum Gasteiger partial charge on any atom is 0.314 e.